The highest BCUT2D eigenvalue weighted by Crippen LogP contribution is 2.30. The number of hydrogen-bond acceptors (Lipinski definition) is 7. The van der Waals surface area contributed by atoms with E-state index in [1.165, 1.54) is 16.8 Å². The van der Waals surface area contributed by atoms with Gasteiger partial charge in [0.1, 0.15) is 5.51 Å². The van der Waals surface area contributed by atoms with E-state index in [0.29, 0.717) is 35.4 Å². The van der Waals surface area contributed by atoms with Crippen molar-refractivity contribution in [2.75, 3.05) is 18.5 Å². The fraction of sp³-hybridized carbons (Fsp3) is 0.333. The number of carbonyl (C=O) groups is 2. The van der Waals surface area contributed by atoms with Gasteiger partial charge < -0.3 is 14.8 Å². The van der Waals surface area contributed by atoms with Gasteiger partial charge in [0.15, 0.2) is 17.3 Å². The van der Waals surface area contributed by atoms with Crippen molar-refractivity contribution in [2.24, 2.45) is 0 Å². The van der Waals surface area contributed by atoms with Crippen LogP contribution < -0.4 is 14.8 Å². The number of hydrogen-bond donors (Lipinski definition) is 1. The van der Waals surface area contributed by atoms with E-state index in [0.717, 1.165) is 6.42 Å². The zero-order valence-electron chi connectivity index (χ0n) is 12.3. The molecule has 0 fully saturated rings. The molecule has 0 unspecified atom stereocenters. The molecule has 2 aromatic rings. The number of ether oxygens (including phenoxy) is 2. The molecule has 0 aliphatic carbocycles. The quantitative estimate of drug-likeness (QED) is 0.844. The van der Waals surface area contributed by atoms with Gasteiger partial charge in [0.05, 0.1) is 13.2 Å². The van der Waals surface area contributed by atoms with Crippen LogP contribution in [0, 0.1) is 0 Å². The number of Topliss-reactive ketones (excluding diaryl/α,β-unsaturated/α-hetero) is 1. The maximum Gasteiger partial charge on any atom is 0.226 e. The molecule has 0 saturated carbocycles. The first-order valence-corrected chi connectivity index (χ1v) is 8.09. The number of benzene rings is 1. The minimum absolute atomic E-state index is 0.0901. The predicted octanol–water partition coefficient (Wildman–Crippen LogP) is 2.30. The minimum atomic E-state index is -0.260. The van der Waals surface area contributed by atoms with Crippen LogP contribution in [0.15, 0.2) is 23.7 Å². The molecule has 0 saturated heterocycles. The van der Waals surface area contributed by atoms with Crippen LogP contribution in [0.5, 0.6) is 11.5 Å². The van der Waals surface area contributed by atoms with Gasteiger partial charge in [0.2, 0.25) is 11.0 Å². The summed E-state index contributed by atoms with van der Waals surface area (Å²) in [6.07, 6.45) is 1.01. The standard InChI is InChI=1S/C15H15N3O4S/c19-11(3-5-14(20)17-15-18-16-9-23-15)10-2-4-12-13(8-10)22-7-1-6-21-12/h2,4,8-9H,1,3,5-7H2,(H,17,18,20). The van der Waals surface area contributed by atoms with Crippen molar-refractivity contribution in [2.45, 2.75) is 19.3 Å². The van der Waals surface area contributed by atoms with Crippen molar-refractivity contribution >= 4 is 28.2 Å². The highest BCUT2D eigenvalue weighted by atomic mass is 32.1. The normalized spacial score (nSPS) is 13.2. The molecule has 120 valence electrons. The van der Waals surface area contributed by atoms with Gasteiger partial charge in [-0.25, -0.2) is 0 Å². The van der Waals surface area contributed by atoms with Gasteiger partial charge in [0, 0.05) is 24.8 Å². The maximum absolute atomic E-state index is 12.2. The summed E-state index contributed by atoms with van der Waals surface area (Å²) in [7, 11) is 0. The SMILES string of the molecule is O=C(CCC(=O)c1ccc2c(c1)OCCCO2)Nc1nncs1. The smallest absolute Gasteiger partial charge is 0.226 e. The molecule has 1 aliphatic heterocycles. The van der Waals surface area contributed by atoms with Gasteiger partial charge >= 0.3 is 0 Å². The molecule has 0 radical (unpaired) electrons. The number of aromatic nitrogens is 2. The second-order valence-corrected chi connectivity index (χ2v) is 5.76. The van der Waals surface area contributed by atoms with Crippen LogP contribution in [0.2, 0.25) is 0 Å². The molecule has 2 heterocycles. The number of amides is 1. The van der Waals surface area contributed by atoms with Crippen molar-refractivity contribution in [3.63, 3.8) is 0 Å². The largest absolute Gasteiger partial charge is 0.490 e. The van der Waals surface area contributed by atoms with Crippen LogP contribution >= 0.6 is 11.3 Å². The summed E-state index contributed by atoms with van der Waals surface area (Å²) >= 11 is 1.23. The number of fused-ring (bicyclic) bond motifs is 1. The fourth-order valence-corrected chi connectivity index (χ4v) is 2.58. The van der Waals surface area contributed by atoms with Gasteiger partial charge in [-0.1, -0.05) is 11.3 Å². The summed E-state index contributed by atoms with van der Waals surface area (Å²) in [6, 6.07) is 5.10. The molecule has 3 rings (SSSR count). The first-order chi connectivity index (χ1) is 11.2. The third kappa shape index (κ3) is 4.04. The average Bonchev–Trinajstić information content (AvgIpc) is 2.94. The van der Waals surface area contributed by atoms with Crippen molar-refractivity contribution < 1.29 is 19.1 Å². The van der Waals surface area contributed by atoms with Crippen LogP contribution in [-0.4, -0.2) is 35.1 Å². The zero-order chi connectivity index (χ0) is 16.1. The molecule has 7 nitrogen and oxygen atoms in total. The van der Waals surface area contributed by atoms with E-state index < -0.39 is 0 Å². The molecule has 0 spiro atoms. The molecule has 8 heteroatoms. The summed E-state index contributed by atoms with van der Waals surface area (Å²) in [5, 5.41) is 10.4. The lowest BCUT2D eigenvalue weighted by molar-refractivity contribution is -0.116. The lowest BCUT2D eigenvalue weighted by atomic mass is 10.1. The lowest BCUT2D eigenvalue weighted by Crippen LogP contribution is -2.13. The Bertz CT molecular complexity index is 703. The Labute approximate surface area is 136 Å². The van der Waals surface area contributed by atoms with Gasteiger partial charge in [-0.15, -0.1) is 10.2 Å². The molecule has 1 aromatic carbocycles. The lowest BCUT2D eigenvalue weighted by Gasteiger charge is -2.08. The van der Waals surface area contributed by atoms with E-state index in [1.807, 2.05) is 0 Å². The third-order valence-electron chi connectivity index (χ3n) is 3.26. The molecule has 1 amide bonds. The summed E-state index contributed by atoms with van der Waals surface area (Å²) in [5.74, 6) is 0.845. The minimum Gasteiger partial charge on any atom is -0.490 e. The molecule has 0 atom stereocenters. The Morgan fingerprint density at radius 3 is 2.78 bits per heavy atom. The van der Waals surface area contributed by atoms with Crippen molar-refractivity contribution in [1.29, 1.82) is 0 Å². The third-order valence-corrected chi connectivity index (χ3v) is 3.86. The first-order valence-electron chi connectivity index (χ1n) is 7.21. The topological polar surface area (TPSA) is 90.4 Å². The van der Waals surface area contributed by atoms with E-state index in [2.05, 4.69) is 15.5 Å². The Kier molecular flexibility index (Phi) is 4.82. The van der Waals surface area contributed by atoms with Crippen LogP contribution in [-0.2, 0) is 4.79 Å². The summed E-state index contributed by atoms with van der Waals surface area (Å²) in [6.45, 7) is 1.17. The van der Waals surface area contributed by atoms with Crippen LogP contribution in [0.3, 0.4) is 0 Å². The zero-order valence-corrected chi connectivity index (χ0v) is 13.1. The molecule has 23 heavy (non-hydrogen) atoms. The van der Waals surface area contributed by atoms with E-state index in [9.17, 15) is 9.59 Å². The van der Waals surface area contributed by atoms with E-state index in [-0.39, 0.29) is 24.5 Å². The van der Waals surface area contributed by atoms with Gasteiger partial charge in [0.25, 0.3) is 0 Å². The second-order valence-electron chi connectivity index (χ2n) is 4.93. The van der Waals surface area contributed by atoms with E-state index in [1.54, 1.807) is 18.2 Å². The Balaban J connectivity index is 1.57. The van der Waals surface area contributed by atoms with Crippen molar-refractivity contribution in [3.05, 3.63) is 29.3 Å². The number of nitrogens with zero attached hydrogens (tertiary/aromatic N) is 2. The number of ketones is 1. The van der Waals surface area contributed by atoms with Gasteiger partial charge in [-0.2, -0.15) is 0 Å². The summed E-state index contributed by atoms with van der Waals surface area (Å²) in [5.41, 5.74) is 2.04. The van der Waals surface area contributed by atoms with Gasteiger partial charge in [-0.05, 0) is 18.2 Å². The van der Waals surface area contributed by atoms with Crippen molar-refractivity contribution in [3.8, 4) is 11.5 Å². The number of rotatable bonds is 5. The van der Waals surface area contributed by atoms with Crippen LogP contribution in [0.1, 0.15) is 29.6 Å². The predicted molar refractivity (Wildman–Crippen MR) is 84.2 cm³/mol. The van der Waals surface area contributed by atoms with Gasteiger partial charge in [-0.3, -0.25) is 9.59 Å². The number of nitrogens with one attached hydrogen (secondary N) is 1. The average molecular weight is 333 g/mol. The summed E-state index contributed by atoms with van der Waals surface area (Å²) < 4.78 is 11.1. The molecule has 1 aromatic heterocycles. The van der Waals surface area contributed by atoms with E-state index in [4.69, 9.17) is 9.47 Å². The fourth-order valence-electron chi connectivity index (χ4n) is 2.12. The van der Waals surface area contributed by atoms with Crippen LogP contribution in [0.25, 0.3) is 0 Å². The molecular formula is C15H15N3O4S. The first kappa shape index (κ1) is 15.4. The Morgan fingerprint density at radius 2 is 2.00 bits per heavy atom. The Hall–Kier alpha value is -2.48. The highest BCUT2D eigenvalue weighted by Gasteiger charge is 2.15. The Morgan fingerprint density at radius 1 is 1.17 bits per heavy atom. The van der Waals surface area contributed by atoms with E-state index >= 15 is 0 Å². The molecular weight excluding hydrogens is 318 g/mol. The van der Waals surface area contributed by atoms with Crippen molar-refractivity contribution in [1.82, 2.24) is 10.2 Å². The summed E-state index contributed by atoms with van der Waals surface area (Å²) in [4.78, 5) is 24.0. The van der Waals surface area contributed by atoms with Crippen LogP contribution in [0.4, 0.5) is 5.13 Å². The number of anilines is 1. The molecule has 1 aliphatic rings. The molecule has 0 bridgehead atoms. The second kappa shape index (κ2) is 7.19. The number of carbonyl (C=O) groups excluding carboxylic acids is 2. The monoisotopic (exact) mass is 333 g/mol. The highest BCUT2D eigenvalue weighted by molar-refractivity contribution is 7.13. The maximum atomic E-state index is 12.2. The molecule has 1 N–H and O–H groups in total.